The van der Waals surface area contributed by atoms with Gasteiger partial charge in [-0.3, -0.25) is 52.7 Å². The Labute approximate surface area is 452 Å². The van der Waals surface area contributed by atoms with Crippen molar-refractivity contribution in [3.05, 3.63) is 54.1 Å². The quantitative estimate of drug-likeness (QED) is 0.0373. The summed E-state index contributed by atoms with van der Waals surface area (Å²) in [6.45, 7) is 13.6. The number of carbonyl (C=O) groups is 12. The van der Waals surface area contributed by atoms with Crippen LogP contribution in [0.15, 0.2) is 42.9 Å². The van der Waals surface area contributed by atoms with Crippen LogP contribution < -0.4 is 54.0 Å². The van der Waals surface area contributed by atoms with E-state index in [4.69, 9.17) is 16.6 Å². The Morgan fingerprint density at radius 2 is 0.923 bits per heavy atom. The Kier molecular flexibility index (Phi) is 27.6. The second kappa shape index (κ2) is 32.6. The molecule has 27 heteroatoms. The highest BCUT2D eigenvalue weighted by molar-refractivity contribution is 5.99. The van der Waals surface area contributed by atoms with Crippen molar-refractivity contribution in [2.75, 3.05) is 0 Å². The first kappa shape index (κ1) is 66.1. The number of amides is 9. The van der Waals surface area contributed by atoms with Crippen molar-refractivity contribution in [1.29, 1.82) is 0 Å². The van der Waals surface area contributed by atoms with Gasteiger partial charge in [-0.05, 0) is 54.9 Å². The minimum atomic E-state index is -1.86. The molecule has 0 saturated heterocycles. The molecule has 0 aliphatic carbocycles. The number of aromatic amines is 1. The van der Waals surface area contributed by atoms with Gasteiger partial charge in [0.25, 0.3) is 0 Å². The molecule has 1 aromatic carbocycles. The zero-order chi connectivity index (χ0) is 59.0. The smallest absolute Gasteiger partial charge is 0.326 e. The molecule has 0 radical (unpaired) electrons. The number of hydrogen-bond donors (Lipinski definition) is 14. The van der Waals surface area contributed by atoms with Crippen LogP contribution in [0.1, 0.15) is 112 Å². The molecule has 0 spiro atoms. The van der Waals surface area contributed by atoms with E-state index in [-0.39, 0.29) is 62.7 Å². The first-order valence-corrected chi connectivity index (χ1v) is 25.6. The molecule has 9 amide bonds. The van der Waals surface area contributed by atoms with E-state index in [0.29, 0.717) is 11.3 Å². The topological polar surface area (TPSA) is 442 Å². The Hall–Kier alpha value is -7.97. The lowest BCUT2D eigenvalue weighted by atomic mass is 9.98. The number of carboxylic acids is 3. The summed E-state index contributed by atoms with van der Waals surface area (Å²) in [5.74, 6) is -14.1. The summed E-state index contributed by atoms with van der Waals surface area (Å²) < 4.78 is 0. The molecule has 0 aliphatic heterocycles. The predicted molar refractivity (Wildman–Crippen MR) is 280 cm³/mol. The minimum absolute atomic E-state index is 0.00803. The number of benzene rings is 1. The molecule has 432 valence electrons. The van der Waals surface area contributed by atoms with Crippen LogP contribution in [0.25, 0.3) is 0 Å². The van der Waals surface area contributed by atoms with Crippen molar-refractivity contribution in [2.24, 2.45) is 35.1 Å². The number of nitrogens with two attached hydrogens (primary N) is 2. The molecule has 27 nitrogen and oxygen atoms in total. The molecule has 2 rings (SSSR count). The van der Waals surface area contributed by atoms with Crippen LogP contribution >= 0.6 is 0 Å². The first-order valence-electron chi connectivity index (χ1n) is 25.6. The number of imidazole rings is 1. The lowest BCUT2D eigenvalue weighted by Gasteiger charge is -2.30. The summed E-state index contributed by atoms with van der Waals surface area (Å²) in [6.07, 6.45) is -0.0460. The number of carboxylic acid groups (broad SMARTS) is 3. The van der Waals surface area contributed by atoms with Gasteiger partial charge in [0.05, 0.1) is 25.2 Å². The van der Waals surface area contributed by atoms with Gasteiger partial charge in [0.1, 0.15) is 48.3 Å². The van der Waals surface area contributed by atoms with Crippen LogP contribution in [-0.4, -0.2) is 151 Å². The van der Waals surface area contributed by atoms with Crippen LogP contribution in [0.3, 0.4) is 0 Å². The van der Waals surface area contributed by atoms with E-state index in [2.05, 4.69) is 52.5 Å². The first-order chi connectivity index (χ1) is 36.5. The highest BCUT2D eigenvalue weighted by Gasteiger charge is 2.37. The fourth-order valence-corrected chi connectivity index (χ4v) is 7.89. The minimum Gasteiger partial charge on any atom is -0.481 e. The van der Waals surface area contributed by atoms with Crippen LogP contribution in [0.2, 0.25) is 0 Å². The summed E-state index contributed by atoms with van der Waals surface area (Å²) in [5, 5.41) is 48.9. The molecule has 1 aromatic heterocycles. The van der Waals surface area contributed by atoms with Gasteiger partial charge in [0.15, 0.2) is 0 Å². The van der Waals surface area contributed by atoms with Gasteiger partial charge in [0.2, 0.25) is 53.2 Å². The van der Waals surface area contributed by atoms with E-state index in [1.165, 1.54) is 12.5 Å². The van der Waals surface area contributed by atoms with E-state index in [1.807, 2.05) is 0 Å². The van der Waals surface area contributed by atoms with Crippen molar-refractivity contribution in [3.8, 4) is 0 Å². The molecule has 9 atom stereocenters. The number of carbonyl (C=O) groups excluding carboxylic acids is 9. The summed E-state index contributed by atoms with van der Waals surface area (Å²) in [5.41, 5.74) is 11.9. The van der Waals surface area contributed by atoms with Gasteiger partial charge in [-0.15, -0.1) is 0 Å². The maximum Gasteiger partial charge on any atom is 0.326 e. The molecule has 1 heterocycles. The number of rotatable bonds is 35. The van der Waals surface area contributed by atoms with Gasteiger partial charge in [-0.1, -0.05) is 85.7 Å². The molecule has 0 saturated carbocycles. The van der Waals surface area contributed by atoms with E-state index in [1.54, 1.807) is 85.7 Å². The summed E-state index contributed by atoms with van der Waals surface area (Å²) in [4.78, 5) is 164. The highest BCUT2D eigenvalue weighted by Crippen LogP contribution is 2.14. The molecular weight excluding hydrogens is 1020 g/mol. The lowest BCUT2D eigenvalue weighted by Crippen LogP contribution is -2.61. The van der Waals surface area contributed by atoms with Gasteiger partial charge in [-0.2, -0.15) is 0 Å². The SMILES string of the molecule is CC(C)C[C@H](NC(=O)[C@H](Cc1ccccc1)NC(=O)[C@H](CC(=O)O)NC(=O)[C@@H](NC(=O)[C@H](CC(C)C)NC(=O)[C@H](CC(C)C)NC(=O)[C@H](Cc1cnc[nH]1)NC(=O)[C@@H](N)CC(=O)O)C(C)C)C(=O)N[C@@H](CCC(N)=O)C(=O)O. The third-order valence-electron chi connectivity index (χ3n) is 11.8. The fourth-order valence-electron chi connectivity index (χ4n) is 7.89. The zero-order valence-electron chi connectivity index (χ0n) is 45.3. The van der Waals surface area contributed by atoms with Crippen molar-refractivity contribution < 1.29 is 72.9 Å². The van der Waals surface area contributed by atoms with Crippen LogP contribution in [0.5, 0.6) is 0 Å². The molecule has 0 bridgehead atoms. The number of H-pyrrole nitrogens is 1. The third kappa shape index (κ3) is 24.4. The van der Waals surface area contributed by atoms with Crippen molar-refractivity contribution in [1.82, 2.24) is 52.5 Å². The van der Waals surface area contributed by atoms with Gasteiger partial charge >= 0.3 is 17.9 Å². The fraction of sp³-hybridized carbons (Fsp3) is 0.588. The Bertz CT molecular complexity index is 2380. The van der Waals surface area contributed by atoms with E-state index in [0.717, 1.165) is 0 Å². The molecular formula is C51H78N12O15. The maximum absolute atomic E-state index is 14.2. The number of hydrogen-bond acceptors (Lipinski definition) is 14. The molecule has 2 aromatic rings. The highest BCUT2D eigenvalue weighted by atomic mass is 16.4. The van der Waals surface area contributed by atoms with Crippen molar-refractivity contribution in [3.63, 3.8) is 0 Å². The van der Waals surface area contributed by atoms with Gasteiger partial charge in [0, 0.05) is 31.2 Å². The average molecular weight is 1100 g/mol. The number of nitrogens with zero attached hydrogens (tertiary/aromatic N) is 1. The number of aromatic nitrogens is 2. The Balaban J connectivity index is 2.43. The number of aliphatic carboxylic acids is 3. The van der Waals surface area contributed by atoms with Gasteiger partial charge < -0.3 is 74.3 Å². The van der Waals surface area contributed by atoms with Crippen LogP contribution in [0.4, 0.5) is 0 Å². The van der Waals surface area contributed by atoms with Crippen LogP contribution in [0, 0.1) is 23.7 Å². The third-order valence-corrected chi connectivity index (χ3v) is 11.8. The van der Waals surface area contributed by atoms with E-state index >= 15 is 0 Å². The summed E-state index contributed by atoms with van der Waals surface area (Å²) in [6, 6.07) is -5.00. The maximum atomic E-state index is 14.2. The monoisotopic (exact) mass is 1100 g/mol. The summed E-state index contributed by atoms with van der Waals surface area (Å²) in [7, 11) is 0. The predicted octanol–water partition coefficient (Wildman–Crippen LogP) is -1.51. The van der Waals surface area contributed by atoms with E-state index < -0.39 is 144 Å². The molecule has 0 fully saturated rings. The lowest BCUT2D eigenvalue weighted by molar-refractivity contribution is -0.143. The van der Waals surface area contributed by atoms with Crippen molar-refractivity contribution >= 4 is 71.1 Å². The molecule has 16 N–H and O–H groups in total. The zero-order valence-corrected chi connectivity index (χ0v) is 45.3. The number of nitrogens with one attached hydrogen (secondary N) is 9. The second-order valence-corrected chi connectivity index (χ2v) is 20.7. The van der Waals surface area contributed by atoms with Crippen molar-refractivity contribution in [2.45, 2.75) is 168 Å². The number of primary amides is 1. The van der Waals surface area contributed by atoms with Gasteiger partial charge in [-0.25, -0.2) is 9.78 Å². The van der Waals surface area contributed by atoms with Crippen LogP contribution in [-0.2, 0) is 70.4 Å². The normalized spacial score (nSPS) is 14.7. The molecule has 78 heavy (non-hydrogen) atoms. The largest absolute Gasteiger partial charge is 0.481 e. The average Bonchev–Trinajstić information content (AvgIpc) is 3.85. The molecule has 0 aliphatic rings. The Morgan fingerprint density at radius 1 is 0.513 bits per heavy atom. The Morgan fingerprint density at radius 3 is 1.35 bits per heavy atom. The molecule has 0 unspecified atom stereocenters. The second-order valence-electron chi connectivity index (χ2n) is 20.7. The van der Waals surface area contributed by atoms with E-state index in [9.17, 15) is 67.7 Å². The summed E-state index contributed by atoms with van der Waals surface area (Å²) >= 11 is 0. The standard InChI is InChI=1S/C51H78N12O15/c1-25(2)16-33(44(70)56-32(51(77)78)14-15-39(53)64)58-46(72)36(19-29-12-10-9-11-13-29)61-48(74)38(22-41(67)68)62-50(76)42(28(7)8)63-49(75)35(18-27(5)6)60-45(71)34(17-26(3)4)59-47(73)37(20-30-23-54-24-55-30)57-43(69)31(52)21-40(65)66/h9-13,23-28,31-38,42H,14-22,52H2,1-8H3,(H2,53,64)(H,54,55)(H,56,70)(H,57,69)(H,58,72)(H,59,73)(H,60,71)(H,61,74)(H,62,76)(H,63,75)(H,65,66)(H,67,68)(H,77,78)/t31-,32-,33-,34-,35-,36-,37-,38-,42-/m0/s1.